The molecule has 0 amide bonds. The van der Waals surface area contributed by atoms with Crippen LogP contribution in [0.4, 0.5) is 0 Å². The first-order valence-electron chi connectivity index (χ1n) is 5.50. The van der Waals surface area contributed by atoms with Crippen LogP contribution in [-0.4, -0.2) is 16.4 Å². The van der Waals surface area contributed by atoms with Crippen molar-refractivity contribution in [2.24, 2.45) is 0 Å². The summed E-state index contributed by atoms with van der Waals surface area (Å²) in [6, 6.07) is 7.59. The molecule has 3 nitrogen and oxygen atoms in total. The SMILES string of the molecule is Cc1ccc(C(O)c2c[nH]c(C=O)c2)c(C)c1. The molecule has 1 heterocycles. The Morgan fingerprint density at radius 1 is 1.29 bits per heavy atom. The van der Waals surface area contributed by atoms with Crippen LogP contribution >= 0.6 is 0 Å². The van der Waals surface area contributed by atoms with Crippen LogP contribution in [0.5, 0.6) is 0 Å². The minimum atomic E-state index is -0.694. The number of H-pyrrole nitrogens is 1. The highest BCUT2D eigenvalue weighted by Gasteiger charge is 2.14. The minimum absolute atomic E-state index is 0.476. The Balaban J connectivity index is 2.36. The lowest BCUT2D eigenvalue weighted by Crippen LogP contribution is -2.01. The number of nitrogens with one attached hydrogen (secondary N) is 1. The molecule has 0 aliphatic carbocycles. The smallest absolute Gasteiger partial charge is 0.166 e. The van der Waals surface area contributed by atoms with Gasteiger partial charge in [0, 0.05) is 11.8 Å². The van der Waals surface area contributed by atoms with E-state index in [1.807, 2.05) is 32.0 Å². The van der Waals surface area contributed by atoms with Gasteiger partial charge in [0.2, 0.25) is 0 Å². The predicted octanol–water partition coefficient (Wildman–Crippen LogP) is 2.53. The van der Waals surface area contributed by atoms with E-state index in [4.69, 9.17) is 0 Å². The number of carbonyl (C=O) groups is 1. The Hall–Kier alpha value is -1.87. The van der Waals surface area contributed by atoms with Gasteiger partial charge in [-0.25, -0.2) is 0 Å². The maximum Gasteiger partial charge on any atom is 0.166 e. The molecule has 2 aromatic rings. The molecule has 1 aromatic heterocycles. The van der Waals surface area contributed by atoms with Gasteiger partial charge in [-0.05, 0) is 31.0 Å². The lowest BCUT2D eigenvalue weighted by Gasteiger charge is -2.12. The molecule has 0 fully saturated rings. The third kappa shape index (κ3) is 2.29. The zero-order valence-electron chi connectivity index (χ0n) is 9.90. The zero-order valence-corrected chi connectivity index (χ0v) is 9.90. The van der Waals surface area contributed by atoms with Gasteiger partial charge in [-0.15, -0.1) is 0 Å². The number of aromatic nitrogens is 1. The van der Waals surface area contributed by atoms with E-state index >= 15 is 0 Å². The highest BCUT2D eigenvalue weighted by atomic mass is 16.3. The lowest BCUT2D eigenvalue weighted by molar-refractivity contribution is 0.111. The molecule has 3 heteroatoms. The fraction of sp³-hybridized carbons (Fsp3) is 0.214. The van der Waals surface area contributed by atoms with Crippen molar-refractivity contribution in [2.75, 3.05) is 0 Å². The molecule has 88 valence electrons. The van der Waals surface area contributed by atoms with Gasteiger partial charge in [-0.1, -0.05) is 23.8 Å². The van der Waals surface area contributed by atoms with Gasteiger partial charge < -0.3 is 10.1 Å². The van der Waals surface area contributed by atoms with Gasteiger partial charge in [-0.2, -0.15) is 0 Å². The molecule has 0 bridgehead atoms. The normalized spacial score (nSPS) is 12.4. The van der Waals surface area contributed by atoms with Gasteiger partial charge in [0.05, 0.1) is 5.69 Å². The van der Waals surface area contributed by atoms with Crippen LogP contribution in [0.1, 0.15) is 38.8 Å². The maximum absolute atomic E-state index is 10.6. The maximum atomic E-state index is 10.6. The van der Waals surface area contributed by atoms with Gasteiger partial charge in [0.25, 0.3) is 0 Å². The Morgan fingerprint density at radius 2 is 2.06 bits per heavy atom. The largest absolute Gasteiger partial charge is 0.384 e. The van der Waals surface area contributed by atoms with Crippen LogP contribution in [0.15, 0.2) is 30.5 Å². The van der Waals surface area contributed by atoms with Crippen LogP contribution in [0.3, 0.4) is 0 Å². The summed E-state index contributed by atoms with van der Waals surface area (Å²) < 4.78 is 0. The number of aliphatic hydroxyl groups is 1. The average Bonchev–Trinajstić information content (AvgIpc) is 2.76. The van der Waals surface area contributed by atoms with Gasteiger partial charge in [0.1, 0.15) is 6.10 Å². The molecule has 1 atom stereocenters. The molecule has 17 heavy (non-hydrogen) atoms. The van der Waals surface area contributed by atoms with Crippen LogP contribution in [-0.2, 0) is 0 Å². The second-order valence-electron chi connectivity index (χ2n) is 4.27. The molecule has 1 unspecified atom stereocenters. The second-order valence-corrected chi connectivity index (χ2v) is 4.27. The van der Waals surface area contributed by atoms with E-state index in [2.05, 4.69) is 4.98 Å². The van der Waals surface area contributed by atoms with E-state index in [1.165, 1.54) is 5.56 Å². The van der Waals surface area contributed by atoms with Crippen molar-refractivity contribution in [3.8, 4) is 0 Å². The predicted molar refractivity (Wildman–Crippen MR) is 66.2 cm³/mol. The standard InChI is InChI=1S/C14H15NO2/c1-9-3-4-13(10(2)5-9)14(17)11-6-12(8-16)15-7-11/h3-8,14-15,17H,1-2H3. The number of aliphatic hydroxyl groups excluding tert-OH is 1. The van der Waals surface area contributed by atoms with E-state index in [9.17, 15) is 9.90 Å². The Kier molecular flexibility index (Phi) is 3.11. The molecule has 1 aromatic carbocycles. The number of benzene rings is 1. The number of hydrogen-bond donors (Lipinski definition) is 2. The van der Waals surface area contributed by atoms with Gasteiger partial charge in [-0.3, -0.25) is 4.79 Å². The molecular formula is C14H15NO2. The fourth-order valence-electron chi connectivity index (χ4n) is 1.97. The van der Waals surface area contributed by atoms with Crippen molar-refractivity contribution in [2.45, 2.75) is 20.0 Å². The van der Waals surface area contributed by atoms with Crippen LogP contribution in [0, 0.1) is 13.8 Å². The van der Waals surface area contributed by atoms with Gasteiger partial charge in [0.15, 0.2) is 6.29 Å². The zero-order chi connectivity index (χ0) is 12.4. The van der Waals surface area contributed by atoms with Crippen LogP contribution in [0.25, 0.3) is 0 Å². The van der Waals surface area contributed by atoms with E-state index in [-0.39, 0.29) is 0 Å². The van der Waals surface area contributed by atoms with Crippen molar-refractivity contribution >= 4 is 6.29 Å². The molecule has 2 N–H and O–H groups in total. The number of hydrogen-bond acceptors (Lipinski definition) is 2. The highest BCUT2D eigenvalue weighted by Crippen LogP contribution is 2.25. The first kappa shape index (κ1) is 11.6. The molecule has 0 aliphatic rings. The summed E-state index contributed by atoms with van der Waals surface area (Å²) in [4.78, 5) is 13.4. The quantitative estimate of drug-likeness (QED) is 0.794. The van der Waals surface area contributed by atoms with E-state index in [1.54, 1.807) is 12.3 Å². The van der Waals surface area contributed by atoms with Crippen molar-refractivity contribution in [3.05, 3.63) is 58.4 Å². The molecule has 2 rings (SSSR count). The monoisotopic (exact) mass is 229 g/mol. The summed E-state index contributed by atoms with van der Waals surface area (Å²) in [5.74, 6) is 0. The fourth-order valence-corrected chi connectivity index (χ4v) is 1.97. The molecule has 0 saturated carbocycles. The minimum Gasteiger partial charge on any atom is -0.384 e. The summed E-state index contributed by atoms with van der Waals surface area (Å²) in [6.07, 6.45) is 1.70. The van der Waals surface area contributed by atoms with Crippen molar-refractivity contribution < 1.29 is 9.90 Å². The van der Waals surface area contributed by atoms with E-state index < -0.39 is 6.10 Å². The second kappa shape index (κ2) is 4.55. The highest BCUT2D eigenvalue weighted by molar-refractivity contribution is 5.72. The molecular weight excluding hydrogens is 214 g/mol. The lowest BCUT2D eigenvalue weighted by atomic mass is 9.97. The first-order chi connectivity index (χ1) is 8.11. The Bertz CT molecular complexity index is 543. The summed E-state index contributed by atoms with van der Waals surface area (Å²) in [6.45, 7) is 3.99. The topological polar surface area (TPSA) is 53.1 Å². The van der Waals surface area contributed by atoms with Crippen molar-refractivity contribution in [1.82, 2.24) is 4.98 Å². The van der Waals surface area contributed by atoms with Crippen molar-refractivity contribution in [1.29, 1.82) is 0 Å². The number of aldehydes is 1. The molecule has 0 radical (unpaired) electrons. The van der Waals surface area contributed by atoms with E-state index in [0.29, 0.717) is 11.3 Å². The summed E-state index contributed by atoms with van der Waals surface area (Å²) in [7, 11) is 0. The molecule has 0 saturated heterocycles. The van der Waals surface area contributed by atoms with Crippen LogP contribution in [0.2, 0.25) is 0 Å². The molecule has 0 aliphatic heterocycles. The number of rotatable bonds is 3. The first-order valence-corrected chi connectivity index (χ1v) is 5.50. The van der Waals surface area contributed by atoms with E-state index in [0.717, 1.165) is 17.4 Å². The van der Waals surface area contributed by atoms with Crippen molar-refractivity contribution in [3.63, 3.8) is 0 Å². The Labute approximate surface area is 100 Å². The third-order valence-electron chi connectivity index (χ3n) is 2.89. The number of aryl methyl sites for hydroxylation is 2. The summed E-state index contributed by atoms with van der Waals surface area (Å²) in [5, 5.41) is 10.2. The summed E-state index contributed by atoms with van der Waals surface area (Å²) in [5.41, 5.74) is 4.27. The summed E-state index contributed by atoms with van der Waals surface area (Å²) >= 11 is 0. The van der Waals surface area contributed by atoms with Crippen LogP contribution < -0.4 is 0 Å². The molecule has 0 spiro atoms. The number of carbonyl (C=O) groups excluding carboxylic acids is 1. The number of aromatic amines is 1. The Morgan fingerprint density at radius 3 is 2.65 bits per heavy atom. The third-order valence-corrected chi connectivity index (χ3v) is 2.89. The average molecular weight is 229 g/mol. The van der Waals surface area contributed by atoms with Gasteiger partial charge >= 0.3 is 0 Å².